The average Bonchev–Trinajstić information content (AvgIpc) is 3.02. The number of rotatable bonds is 5. The monoisotopic (exact) mass is 345 g/mol. The molecule has 1 aliphatic rings. The number of ether oxygens (including phenoxy) is 1. The van der Waals surface area contributed by atoms with Crippen molar-refractivity contribution in [1.82, 2.24) is 15.2 Å². The lowest BCUT2D eigenvalue weighted by atomic mass is 10.0. The van der Waals surface area contributed by atoms with E-state index in [1.807, 2.05) is 24.3 Å². The lowest BCUT2D eigenvalue weighted by molar-refractivity contribution is -0.117. The number of amides is 1. The summed E-state index contributed by atoms with van der Waals surface area (Å²) < 4.78 is 6.52. The van der Waals surface area contributed by atoms with Gasteiger partial charge in [-0.05, 0) is 32.1 Å². The first kappa shape index (κ1) is 17.1. The lowest BCUT2D eigenvalue weighted by Crippen LogP contribution is -2.55. The fraction of sp³-hybridized carbons (Fsp3) is 0.444. The number of nitrogens with zero attached hydrogens (tertiary/aromatic N) is 2. The quantitative estimate of drug-likeness (QED) is 0.846. The van der Waals surface area contributed by atoms with Crippen LogP contribution >= 0.6 is 11.3 Å². The number of benzene rings is 1. The Morgan fingerprint density at radius 2 is 2.12 bits per heavy atom. The van der Waals surface area contributed by atoms with Gasteiger partial charge in [0, 0.05) is 31.2 Å². The highest BCUT2D eigenvalue weighted by atomic mass is 32.1. The molecule has 2 aromatic rings. The SMILES string of the molecule is CC(C)(CNC(=O)/C=C/c1nc2ccccc2s1)N1CCOCC1. The molecule has 1 fully saturated rings. The molecule has 0 bridgehead atoms. The smallest absolute Gasteiger partial charge is 0.244 e. The van der Waals surface area contributed by atoms with Crippen molar-refractivity contribution in [1.29, 1.82) is 0 Å². The summed E-state index contributed by atoms with van der Waals surface area (Å²) in [6.45, 7) is 8.24. The third-order valence-corrected chi connectivity index (χ3v) is 5.25. The molecule has 1 N–H and O–H groups in total. The molecule has 3 rings (SSSR count). The molecule has 1 amide bonds. The highest BCUT2D eigenvalue weighted by Crippen LogP contribution is 2.22. The molecule has 24 heavy (non-hydrogen) atoms. The number of aromatic nitrogens is 1. The molecular formula is C18H23N3O2S. The van der Waals surface area contributed by atoms with Crippen molar-refractivity contribution in [3.8, 4) is 0 Å². The largest absolute Gasteiger partial charge is 0.379 e. The van der Waals surface area contributed by atoms with Crippen LogP contribution in [0.25, 0.3) is 16.3 Å². The molecule has 0 atom stereocenters. The minimum absolute atomic E-state index is 0.0802. The summed E-state index contributed by atoms with van der Waals surface area (Å²) in [5, 5.41) is 3.84. The predicted octanol–water partition coefficient (Wildman–Crippen LogP) is 2.54. The van der Waals surface area contributed by atoms with Crippen LogP contribution in [0.15, 0.2) is 30.3 Å². The minimum Gasteiger partial charge on any atom is -0.379 e. The van der Waals surface area contributed by atoms with E-state index in [-0.39, 0.29) is 11.4 Å². The summed E-state index contributed by atoms with van der Waals surface area (Å²) in [6.07, 6.45) is 3.34. The second-order valence-corrected chi connectivity index (χ2v) is 7.55. The maximum atomic E-state index is 12.1. The van der Waals surface area contributed by atoms with E-state index in [2.05, 4.69) is 29.0 Å². The normalized spacial score (nSPS) is 16.8. The molecule has 1 aliphatic heterocycles. The number of carbonyl (C=O) groups excluding carboxylic acids is 1. The summed E-state index contributed by atoms with van der Waals surface area (Å²) in [5.74, 6) is -0.0874. The molecule has 1 aromatic heterocycles. The number of morpholine rings is 1. The second kappa shape index (κ2) is 7.42. The molecule has 0 unspecified atom stereocenters. The van der Waals surface area contributed by atoms with E-state index in [4.69, 9.17) is 4.74 Å². The molecule has 0 aliphatic carbocycles. The van der Waals surface area contributed by atoms with Crippen molar-refractivity contribution < 1.29 is 9.53 Å². The van der Waals surface area contributed by atoms with Crippen molar-refractivity contribution in [2.75, 3.05) is 32.8 Å². The van der Waals surface area contributed by atoms with Gasteiger partial charge in [-0.2, -0.15) is 0 Å². The summed E-state index contributed by atoms with van der Waals surface area (Å²) in [5.41, 5.74) is 0.888. The van der Waals surface area contributed by atoms with Crippen LogP contribution in [-0.2, 0) is 9.53 Å². The van der Waals surface area contributed by atoms with Crippen LogP contribution in [0, 0.1) is 0 Å². The Balaban J connectivity index is 1.54. The van der Waals surface area contributed by atoms with Crippen LogP contribution < -0.4 is 5.32 Å². The molecule has 0 radical (unpaired) electrons. The van der Waals surface area contributed by atoms with Crippen LogP contribution in [0.1, 0.15) is 18.9 Å². The first-order chi connectivity index (χ1) is 11.5. The first-order valence-corrected chi connectivity index (χ1v) is 9.00. The number of nitrogens with one attached hydrogen (secondary N) is 1. The van der Waals surface area contributed by atoms with Crippen molar-refractivity contribution in [2.24, 2.45) is 0 Å². The summed E-state index contributed by atoms with van der Waals surface area (Å²) >= 11 is 1.59. The molecule has 0 saturated carbocycles. The van der Waals surface area contributed by atoms with Gasteiger partial charge in [-0.1, -0.05) is 12.1 Å². The zero-order chi connectivity index (χ0) is 17.0. The van der Waals surface area contributed by atoms with Crippen LogP contribution in [0.5, 0.6) is 0 Å². The van der Waals surface area contributed by atoms with Crippen molar-refractivity contribution >= 4 is 33.5 Å². The van der Waals surface area contributed by atoms with Gasteiger partial charge in [0.25, 0.3) is 0 Å². The van der Waals surface area contributed by atoms with E-state index in [1.165, 1.54) is 0 Å². The maximum absolute atomic E-state index is 12.1. The average molecular weight is 345 g/mol. The van der Waals surface area contributed by atoms with Gasteiger partial charge in [0.1, 0.15) is 5.01 Å². The molecule has 6 heteroatoms. The number of fused-ring (bicyclic) bond motifs is 1. The number of carbonyl (C=O) groups is 1. The third-order valence-electron chi connectivity index (χ3n) is 4.25. The Labute approximate surface area is 146 Å². The predicted molar refractivity (Wildman–Crippen MR) is 98.1 cm³/mol. The van der Waals surface area contributed by atoms with Crippen LogP contribution in [0.4, 0.5) is 0 Å². The maximum Gasteiger partial charge on any atom is 0.244 e. The Morgan fingerprint density at radius 3 is 2.88 bits per heavy atom. The zero-order valence-corrected chi connectivity index (χ0v) is 14.9. The zero-order valence-electron chi connectivity index (χ0n) is 14.1. The highest BCUT2D eigenvalue weighted by Gasteiger charge is 2.28. The van der Waals surface area contributed by atoms with E-state index < -0.39 is 0 Å². The van der Waals surface area contributed by atoms with Crippen LogP contribution in [0.2, 0.25) is 0 Å². The molecular weight excluding hydrogens is 322 g/mol. The molecule has 1 aromatic carbocycles. The molecule has 128 valence electrons. The Kier molecular flexibility index (Phi) is 5.28. The lowest BCUT2D eigenvalue weighted by Gasteiger charge is -2.40. The van der Waals surface area contributed by atoms with E-state index in [1.54, 1.807) is 23.5 Å². The Bertz CT molecular complexity index is 700. The topological polar surface area (TPSA) is 54.5 Å². The van der Waals surface area contributed by atoms with E-state index in [9.17, 15) is 4.79 Å². The molecule has 5 nitrogen and oxygen atoms in total. The number of hydrogen-bond donors (Lipinski definition) is 1. The van der Waals surface area contributed by atoms with Gasteiger partial charge in [-0.3, -0.25) is 9.69 Å². The standard InChI is InChI=1S/C18H23N3O2S/c1-18(2,21-9-11-23-12-10-21)13-19-16(22)7-8-17-20-14-5-3-4-6-15(14)24-17/h3-8H,9-13H2,1-2H3,(H,19,22)/b8-7+. The van der Waals surface area contributed by atoms with E-state index in [0.29, 0.717) is 6.54 Å². The summed E-state index contributed by atoms with van der Waals surface area (Å²) in [7, 11) is 0. The van der Waals surface area contributed by atoms with Gasteiger partial charge in [0.2, 0.25) is 5.91 Å². The van der Waals surface area contributed by atoms with Gasteiger partial charge < -0.3 is 10.1 Å². The number of hydrogen-bond acceptors (Lipinski definition) is 5. The van der Waals surface area contributed by atoms with Gasteiger partial charge >= 0.3 is 0 Å². The molecule has 1 saturated heterocycles. The fourth-order valence-electron chi connectivity index (χ4n) is 2.75. The second-order valence-electron chi connectivity index (χ2n) is 6.48. The van der Waals surface area contributed by atoms with E-state index in [0.717, 1.165) is 41.5 Å². The summed E-state index contributed by atoms with van der Waals surface area (Å²) in [6, 6.07) is 7.98. The number of para-hydroxylation sites is 1. The van der Waals surface area contributed by atoms with Gasteiger partial charge in [0.15, 0.2) is 0 Å². The molecule has 0 spiro atoms. The third kappa shape index (κ3) is 4.20. The van der Waals surface area contributed by atoms with Gasteiger partial charge in [-0.25, -0.2) is 4.98 Å². The Hall–Kier alpha value is -1.76. The summed E-state index contributed by atoms with van der Waals surface area (Å²) in [4.78, 5) is 18.9. The van der Waals surface area contributed by atoms with Crippen LogP contribution in [-0.4, -0.2) is 54.2 Å². The van der Waals surface area contributed by atoms with Crippen molar-refractivity contribution in [3.05, 3.63) is 35.3 Å². The van der Waals surface area contributed by atoms with Crippen LogP contribution in [0.3, 0.4) is 0 Å². The Morgan fingerprint density at radius 1 is 1.38 bits per heavy atom. The van der Waals surface area contributed by atoms with Crippen molar-refractivity contribution in [2.45, 2.75) is 19.4 Å². The van der Waals surface area contributed by atoms with E-state index >= 15 is 0 Å². The molecule has 2 heterocycles. The fourth-order valence-corrected chi connectivity index (χ4v) is 3.62. The first-order valence-electron chi connectivity index (χ1n) is 8.19. The van der Waals surface area contributed by atoms with Gasteiger partial charge in [0.05, 0.1) is 23.4 Å². The van der Waals surface area contributed by atoms with Gasteiger partial charge in [-0.15, -0.1) is 11.3 Å². The minimum atomic E-state index is -0.0874. The highest BCUT2D eigenvalue weighted by molar-refractivity contribution is 7.19. The number of thiazole rings is 1. The van der Waals surface area contributed by atoms with Crippen molar-refractivity contribution in [3.63, 3.8) is 0 Å².